The monoisotopic (exact) mass is 637 g/mol. The van der Waals surface area contributed by atoms with Crippen molar-refractivity contribution in [2.45, 2.75) is 12.3 Å². The first-order valence-electron chi connectivity index (χ1n) is 17.1. The normalized spacial score (nSPS) is 15.0. The van der Waals surface area contributed by atoms with Crippen LogP contribution in [0, 0.1) is 0 Å². The van der Waals surface area contributed by atoms with Crippen LogP contribution in [0.4, 0.5) is 0 Å². The molecule has 10 rings (SSSR count). The quantitative estimate of drug-likeness (QED) is 0.142. The summed E-state index contributed by atoms with van der Waals surface area (Å²) < 4.78 is 0. The Bertz CT molecular complexity index is 2770. The molecule has 1 aliphatic rings. The number of benzene rings is 8. The van der Waals surface area contributed by atoms with Gasteiger partial charge in [0.15, 0.2) is 17.5 Å². The molecule has 0 fully saturated rings. The van der Waals surface area contributed by atoms with Crippen LogP contribution in [0.1, 0.15) is 23.6 Å². The number of hydrogen-bond acceptors (Lipinski definition) is 3. The van der Waals surface area contributed by atoms with Crippen molar-refractivity contribution in [1.29, 1.82) is 0 Å². The summed E-state index contributed by atoms with van der Waals surface area (Å²) in [5.41, 5.74) is 8.80. The zero-order valence-corrected chi connectivity index (χ0v) is 27.5. The Balaban J connectivity index is 1.33. The van der Waals surface area contributed by atoms with Crippen LogP contribution >= 0.6 is 0 Å². The lowest BCUT2D eigenvalue weighted by molar-refractivity contribution is 0.714. The first-order chi connectivity index (χ1) is 24.7. The van der Waals surface area contributed by atoms with Crippen LogP contribution in [0.15, 0.2) is 170 Å². The van der Waals surface area contributed by atoms with E-state index < -0.39 is 5.41 Å². The van der Waals surface area contributed by atoms with E-state index in [4.69, 9.17) is 15.0 Å². The molecule has 234 valence electrons. The van der Waals surface area contributed by atoms with Gasteiger partial charge < -0.3 is 0 Å². The van der Waals surface area contributed by atoms with Gasteiger partial charge in [-0.2, -0.15) is 0 Å². The summed E-state index contributed by atoms with van der Waals surface area (Å²) in [5, 5.41) is 6.95. The van der Waals surface area contributed by atoms with Crippen molar-refractivity contribution >= 4 is 32.3 Å². The molecule has 1 heterocycles. The van der Waals surface area contributed by atoms with Gasteiger partial charge in [-0.3, -0.25) is 0 Å². The smallest absolute Gasteiger partial charge is 0.165 e. The Hall–Kier alpha value is -6.45. The zero-order valence-electron chi connectivity index (χ0n) is 27.5. The minimum Gasteiger partial charge on any atom is -0.208 e. The SMILES string of the molecule is CC1(c2ccccc2)c2ccccc2-c2cccc(-c3nc(-c4ccccc4)nc(-c4c5ccccc5cc5ccc6ccccc6c45)n3)c21. The van der Waals surface area contributed by atoms with Crippen LogP contribution in [0.25, 0.3) is 77.6 Å². The van der Waals surface area contributed by atoms with Crippen molar-refractivity contribution in [3.63, 3.8) is 0 Å². The molecule has 0 saturated heterocycles. The fourth-order valence-electron chi connectivity index (χ4n) is 8.26. The van der Waals surface area contributed by atoms with Crippen LogP contribution in [-0.4, -0.2) is 15.0 Å². The van der Waals surface area contributed by atoms with Crippen molar-refractivity contribution in [3.8, 4) is 45.3 Å². The van der Waals surface area contributed by atoms with Crippen LogP contribution in [0.3, 0.4) is 0 Å². The molecule has 0 spiro atoms. The highest BCUT2D eigenvalue weighted by molar-refractivity contribution is 6.21. The van der Waals surface area contributed by atoms with Gasteiger partial charge in [-0.1, -0.05) is 164 Å². The van der Waals surface area contributed by atoms with E-state index in [-0.39, 0.29) is 0 Å². The fourth-order valence-corrected chi connectivity index (χ4v) is 8.26. The van der Waals surface area contributed by atoms with Gasteiger partial charge in [0.2, 0.25) is 0 Å². The molecule has 1 atom stereocenters. The predicted octanol–water partition coefficient (Wildman–Crippen LogP) is 11.7. The summed E-state index contributed by atoms with van der Waals surface area (Å²) in [6.45, 7) is 2.35. The topological polar surface area (TPSA) is 38.7 Å². The van der Waals surface area contributed by atoms with Gasteiger partial charge >= 0.3 is 0 Å². The Kier molecular flexibility index (Phi) is 6.31. The maximum atomic E-state index is 5.48. The number of rotatable bonds is 4. The van der Waals surface area contributed by atoms with E-state index in [0.717, 1.165) is 38.2 Å². The molecule has 0 N–H and O–H groups in total. The molecule has 9 aromatic rings. The molecule has 8 aromatic carbocycles. The van der Waals surface area contributed by atoms with Gasteiger partial charge in [-0.15, -0.1) is 0 Å². The highest BCUT2D eigenvalue weighted by Crippen LogP contribution is 2.55. The standard InChI is InChI=1S/C47H31N3/c1-47(34-19-6-3-7-20-34)40-26-13-12-23-37(40)38-24-14-25-39(43(38)47)45-48-44(31-16-4-2-5-17-31)49-46(50-45)42-36-22-11-9-18-32(36)29-33-28-27-30-15-8-10-21-35(30)41(33)42/h2-29H,1H3. The highest BCUT2D eigenvalue weighted by Gasteiger charge is 2.43. The van der Waals surface area contributed by atoms with E-state index in [1.807, 2.05) is 18.2 Å². The largest absolute Gasteiger partial charge is 0.208 e. The van der Waals surface area contributed by atoms with Crippen LogP contribution < -0.4 is 0 Å². The molecule has 0 bridgehead atoms. The molecule has 0 aliphatic heterocycles. The third kappa shape index (κ3) is 4.20. The summed E-state index contributed by atoms with van der Waals surface area (Å²) in [6, 6.07) is 60.4. The van der Waals surface area contributed by atoms with Crippen LogP contribution in [0.2, 0.25) is 0 Å². The Morgan fingerprint density at radius 2 is 1.02 bits per heavy atom. The van der Waals surface area contributed by atoms with Crippen molar-refractivity contribution in [1.82, 2.24) is 15.0 Å². The Labute approximate surface area is 290 Å². The second-order valence-electron chi connectivity index (χ2n) is 13.3. The summed E-state index contributed by atoms with van der Waals surface area (Å²) in [6.07, 6.45) is 0. The maximum absolute atomic E-state index is 5.48. The Morgan fingerprint density at radius 1 is 0.420 bits per heavy atom. The van der Waals surface area contributed by atoms with Gasteiger partial charge in [0.05, 0.1) is 0 Å². The first-order valence-corrected chi connectivity index (χ1v) is 17.1. The van der Waals surface area contributed by atoms with E-state index in [9.17, 15) is 0 Å². The zero-order chi connectivity index (χ0) is 33.2. The lowest BCUT2D eigenvalue weighted by atomic mass is 9.72. The molecule has 0 saturated carbocycles. The number of aromatic nitrogens is 3. The number of nitrogens with zero attached hydrogens (tertiary/aromatic N) is 3. The van der Waals surface area contributed by atoms with E-state index in [1.165, 1.54) is 38.6 Å². The van der Waals surface area contributed by atoms with E-state index >= 15 is 0 Å². The predicted molar refractivity (Wildman–Crippen MR) is 206 cm³/mol. The molecular formula is C47H31N3. The highest BCUT2D eigenvalue weighted by atomic mass is 15.0. The molecule has 0 amide bonds. The third-order valence-electron chi connectivity index (χ3n) is 10.6. The summed E-state index contributed by atoms with van der Waals surface area (Å²) in [5.74, 6) is 1.99. The Morgan fingerprint density at radius 3 is 1.86 bits per heavy atom. The molecule has 50 heavy (non-hydrogen) atoms. The number of fused-ring (bicyclic) bond motifs is 7. The van der Waals surface area contributed by atoms with E-state index in [2.05, 4.69) is 159 Å². The van der Waals surface area contributed by atoms with Crippen molar-refractivity contribution in [3.05, 3.63) is 187 Å². The van der Waals surface area contributed by atoms with Gasteiger partial charge in [0, 0.05) is 27.5 Å². The van der Waals surface area contributed by atoms with E-state index in [1.54, 1.807) is 0 Å². The van der Waals surface area contributed by atoms with Crippen molar-refractivity contribution in [2.75, 3.05) is 0 Å². The van der Waals surface area contributed by atoms with Crippen LogP contribution in [-0.2, 0) is 5.41 Å². The molecule has 1 aromatic heterocycles. The maximum Gasteiger partial charge on any atom is 0.165 e. The second kappa shape index (κ2) is 11.0. The van der Waals surface area contributed by atoms with Gasteiger partial charge in [-0.25, -0.2) is 15.0 Å². The van der Waals surface area contributed by atoms with Crippen molar-refractivity contribution < 1.29 is 0 Å². The molecule has 0 radical (unpaired) electrons. The second-order valence-corrected chi connectivity index (χ2v) is 13.3. The lowest BCUT2D eigenvalue weighted by Gasteiger charge is -2.30. The number of hydrogen-bond donors (Lipinski definition) is 0. The van der Waals surface area contributed by atoms with Crippen LogP contribution in [0.5, 0.6) is 0 Å². The fraction of sp³-hybridized carbons (Fsp3) is 0.0426. The minimum absolute atomic E-state index is 0.411. The summed E-state index contributed by atoms with van der Waals surface area (Å²) in [4.78, 5) is 16.1. The van der Waals surface area contributed by atoms with E-state index in [0.29, 0.717) is 17.5 Å². The third-order valence-corrected chi connectivity index (χ3v) is 10.6. The first kappa shape index (κ1) is 28.6. The average molecular weight is 638 g/mol. The molecule has 3 nitrogen and oxygen atoms in total. The molecule has 1 unspecified atom stereocenters. The average Bonchev–Trinajstić information content (AvgIpc) is 3.46. The summed E-state index contributed by atoms with van der Waals surface area (Å²) >= 11 is 0. The van der Waals surface area contributed by atoms with Crippen molar-refractivity contribution in [2.24, 2.45) is 0 Å². The molecular weight excluding hydrogens is 607 g/mol. The van der Waals surface area contributed by atoms with Gasteiger partial charge in [0.25, 0.3) is 0 Å². The van der Waals surface area contributed by atoms with Gasteiger partial charge in [-0.05, 0) is 67.7 Å². The lowest BCUT2D eigenvalue weighted by Crippen LogP contribution is -2.23. The minimum atomic E-state index is -0.411. The molecule has 3 heteroatoms. The summed E-state index contributed by atoms with van der Waals surface area (Å²) in [7, 11) is 0. The molecule has 1 aliphatic carbocycles. The van der Waals surface area contributed by atoms with Gasteiger partial charge in [0.1, 0.15) is 0 Å².